The van der Waals surface area contributed by atoms with Crippen LogP contribution in [0.2, 0.25) is 0 Å². The van der Waals surface area contributed by atoms with Crippen molar-refractivity contribution in [1.29, 1.82) is 0 Å². The van der Waals surface area contributed by atoms with Gasteiger partial charge in [-0.3, -0.25) is 0 Å². The first kappa shape index (κ1) is 15.5. The van der Waals surface area contributed by atoms with Crippen molar-refractivity contribution in [2.24, 2.45) is 0 Å². The summed E-state index contributed by atoms with van der Waals surface area (Å²) in [5, 5.41) is 6.39. The molecule has 1 rings (SSSR count). The lowest BCUT2D eigenvalue weighted by molar-refractivity contribution is 0.683. The van der Waals surface area contributed by atoms with Crippen LogP contribution in [0, 0.1) is 0 Å². The first-order valence-corrected chi connectivity index (χ1v) is 7.08. The molecule has 0 spiro atoms. The van der Waals surface area contributed by atoms with Crippen LogP contribution in [0.3, 0.4) is 0 Å². The SMILES string of the molecule is CCCCCCNc1nc(NCC)nc(N(C)C)n1. The average molecular weight is 266 g/mol. The molecule has 0 aliphatic heterocycles. The van der Waals surface area contributed by atoms with E-state index in [0.29, 0.717) is 17.8 Å². The Hall–Kier alpha value is -1.59. The van der Waals surface area contributed by atoms with Gasteiger partial charge in [0.2, 0.25) is 17.8 Å². The normalized spacial score (nSPS) is 10.3. The van der Waals surface area contributed by atoms with Crippen LogP contribution in [0.4, 0.5) is 17.8 Å². The van der Waals surface area contributed by atoms with Gasteiger partial charge in [-0.1, -0.05) is 26.2 Å². The van der Waals surface area contributed by atoms with Crippen LogP contribution in [0.25, 0.3) is 0 Å². The molecule has 0 radical (unpaired) electrons. The van der Waals surface area contributed by atoms with Crippen molar-refractivity contribution in [3.05, 3.63) is 0 Å². The van der Waals surface area contributed by atoms with Gasteiger partial charge in [0.05, 0.1) is 0 Å². The number of nitrogens with zero attached hydrogens (tertiary/aromatic N) is 4. The van der Waals surface area contributed by atoms with E-state index in [1.54, 1.807) is 0 Å². The summed E-state index contributed by atoms with van der Waals surface area (Å²) in [5.74, 6) is 1.94. The molecule has 0 saturated carbocycles. The Kier molecular flexibility index (Phi) is 6.92. The molecule has 0 atom stereocenters. The van der Waals surface area contributed by atoms with E-state index in [-0.39, 0.29) is 0 Å². The Bertz CT molecular complexity index is 366. The van der Waals surface area contributed by atoms with Gasteiger partial charge in [0.25, 0.3) is 0 Å². The Morgan fingerprint density at radius 3 is 2.16 bits per heavy atom. The van der Waals surface area contributed by atoms with Gasteiger partial charge in [-0.05, 0) is 13.3 Å². The highest BCUT2D eigenvalue weighted by Crippen LogP contribution is 2.11. The predicted molar refractivity (Wildman–Crippen MR) is 80.9 cm³/mol. The van der Waals surface area contributed by atoms with Crippen molar-refractivity contribution in [2.75, 3.05) is 42.7 Å². The third-order valence-corrected chi connectivity index (χ3v) is 2.67. The van der Waals surface area contributed by atoms with E-state index in [2.05, 4.69) is 32.5 Å². The quantitative estimate of drug-likeness (QED) is 0.669. The number of anilines is 3. The summed E-state index contributed by atoms with van der Waals surface area (Å²) in [6.07, 6.45) is 4.92. The molecule has 0 saturated heterocycles. The van der Waals surface area contributed by atoms with Crippen molar-refractivity contribution >= 4 is 17.8 Å². The molecule has 6 nitrogen and oxygen atoms in total. The van der Waals surface area contributed by atoms with Crippen molar-refractivity contribution in [1.82, 2.24) is 15.0 Å². The molecule has 1 heterocycles. The number of nitrogens with one attached hydrogen (secondary N) is 2. The van der Waals surface area contributed by atoms with E-state index >= 15 is 0 Å². The molecule has 0 fully saturated rings. The molecule has 6 heteroatoms. The van der Waals surface area contributed by atoms with Gasteiger partial charge in [-0.2, -0.15) is 15.0 Å². The van der Waals surface area contributed by atoms with Crippen LogP contribution in [0.5, 0.6) is 0 Å². The Labute approximate surface area is 116 Å². The topological polar surface area (TPSA) is 66.0 Å². The molecule has 0 amide bonds. The maximum atomic E-state index is 4.39. The lowest BCUT2D eigenvalue weighted by Gasteiger charge is -2.13. The maximum Gasteiger partial charge on any atom is 0.231 e. The fourth-order valence-electron chi connectivity index (χ4n) is 1.63. The van der Waals surface area contributed by atoms with Crippen LogP contribution in [-0.4, -0.2) is 42.1 Å². The minimum atomic E-state index is 0.622. The van der Waals surface area contributed by atoms with Crippen molar-refractivity contribution < 1.29 is 0 Å². The summed E-state index contributed by atoms with van der Waals surface area (Å²) < 4.78 is 0. The van der Waals surface area contributed by atoms with E-state index in [1.807, 2.05) is 25.9 Å². The second-order valence-electron chi connectivity index (χ2n) is 4.69. The zero-order valence-electron chi connectivity index (χ0n) is 12.5. The third kappa shape index (κ3) is 5.72. The minimum Gasteiger partial charge on any atom is -0.354 e. The summed E-state index contributed by atoms with van der Waals surface area (Å²) in [4.78, 5) is 15.0. The number of hydrogen-bond acceptors (Lipinski definition) is 6. The largest absolute Gasteiger partial charge is 0.354 e. The number of aromatic nitrogens is 3. The first-order chi connectivity index (χ1) is 9.17. The van der Waals surface area contributed by atoms with E-state index in [9.17, 15) is 0 Å². The second kappa shape index (κ2) is 8.50. The highest BCUT2D eigenvalue weighted by atomic mass is 15.3. The van der Waals surface area contributed by atoms with Crippen LogP contribution in [0.1, 0.15) is 39.5 Å². The van der Waals surface area contributed by atoms with Crippen LogP contribution < -0.4 is 15.5 Å². The van der Waals surface area contributed by atoms with Crippen molar-refractivity contribution in [2.45, 2.75) is 39.5 Å². The molecule has 0 aliphatic carbocycles. The minimum absolute atomic E-state index is 0.622. The number of rotatable bonds is 9. The van der Waals surface area contributed by atoms with Gasteiger partial charge in [0, 0.05) is 27.2 Å². The standard InChI is InChI=1S/C13H26N6/c1-5-7-8-9-10-15-12-16-11(14-6-2)17-13(18-12)19(3)4/h5-10H2,1-4H3,(H2,14,15,16,17,18). The first-order valence-electron chi connectivity index (χ1n) is 7.08. The molecule has 108 valence electrons. The molecule has 0 unspecified atom stereocenters. The predicted octanol–water partition coefficient (Wildman–Crippen LogP) is 2.36. The van der Waals surface area contributed by atoms with Gasteiger partial charge < -0.3 is 15.5 Å². The van der Waals surface area contributed by atoms with E-state index in [0.717, 1.165) is 19.5 Å². The Morgan fingerprint density at radius 1 is 0.895 bits per heavy atom. The third-order valence-electron chi connectivity index (χ3n) is 2.67. The highest BCUT2D eigenvalue weighted by molar-refractivity contribution is 5.42. The van der Waals surface area contributed by atoms with Gasteiger partial charge in [0.1, 0.15) is 0 Å². The summed E-state index contributed by atoms with van der Waals surface area (Å²) >= 11 is 0. The van der Waals surface area contributed by atoms with Gasteiger partial charge >= 0.3 is 0 Å². The van der Waals surface area contributed by atoms with Crippen molar-refractivity contribution in [3.8, 4) is 0 Å². The maximum absolute atomic E-state index is 4.39. The average Bonchev–Trinajstić information content (AvgIpc) is 2.38. The molecule has 0 aliphatic rings. The van der Waals surface area contributed by atoms with E-state index in [4.69, 9.17) is 0 Å². The molecule has 19 heavy (non-hydrogen) atoms. The molecule has 1 aromatic heterocycles. The smallest absolute Gasteiger partial charge is 0.231 e. The summed E-state index contributed by atoms with van der Waals surface area (Å²) in [7, 11) is 3.85. The summed E-state index contributed by atoms with van der Waals surface area (Å²) in [6.45, 7) is 5.94. The van der Waals surface area contributed by atoms with Gasteiger partial charge in [-0.15, -0.1) is 0 Å². The van der Waals surface area contributed by atoms with Gasteiger partial charge in [0.15, 0.2) is 0 Å². The Balaban J connectivity index is 2.60. The van der Waals surface area contributed by atoms with Gasteiger partial charge in [-0.25, -0.2) is 0 Å². The monoisotopic (exact) mass is 266 g/mol. The lowest BCUT2D eigenvalue weighted by Crippen LogP contribution is -2.17. The summed E-state index contributed by atoms with van der Waals surface area (Å²) in [6, 6.07) is 0. The van der Waals surface area contributed by atoms with Crippen molar-refractivity contribution in [3.63, 3.8) is 0 Å². The van der Waals surface area contributed by atoms with E-state index < -0.39 is 0 Å². The molecule has 0 aromatic carbocycles. The zero-order chi connectivity index (χ0) is 14.1. The van der Waals surface area contributed by atoms with Crippen LogP contribution >= 0.6 is 0 Å². The molecule has 0 bridgehead atoms. The summed E-state index contributed by atoms with van der Waals surface area (Å²) in [5.41, 5.74) is 0. The second-order valence-corrected chi connectivity index (χ2v) is 4.69. The molecule has 1 aromatic rings. The highest BCUT2D eigenvalue weighted by Gasteiger charge is 2.06. The number of unbranched alkanes of at least 4 members (excludes halogenated alkanes) is 3. The number of hydrogen-bond donors (Lipinski definition) is 2. The molecule has 2 N–H and O–H groups in total. The van der Waals surface area contributed by atoms with Crippen LogP contribution in [-0.2, 0) is 0 Å². The van der Waals surface area contributed by atoms with Crippen LogP contribution in [0.15, 0.2) is 0 Å². The zero-order valence-corrected chi connectivity index (χ0v) is 12.5. The molecular formula is C13H26N6. The Morgan fingerprint density at radius 2 is 1.58 bits per heavy atom. The van der Waals surface area contributed by atoms with E-state index in [1.165, 1.54) is 19.3 Å². The fourth-order valence-corrected chi connectivity index (χ4v) is 1.63. The fraction of sp³-hybridized carbons (Fsp3) is 0.769. The molecular weight excluding hydrogens is 240 g/mol. The lowest BCUT2D eigenvalue weighted by atomic mass is 10.2.